The first kappa shape index (κ1) is 24.1. The molecule has 1 saturated heterocycles. The summed E-state index contributed by atoms with van der Waals surface area (Å²) in [6.07, 6.45) is 1.76. The summed E-state index contributed by atoms with van der Waals surface area (Å²) in [4.78, 5) is 28.2. The molecule has 0 aliphatic carbocycles. The second kappa shape index (κ2) is 9.80. The Morgan fingerprint density at radius 1 is 1.06 bits per heavy atom. The summed E-state index contributed by atoms with van der Waals surface area (Å²) in [6.45, 7) is 2.81. The maximum Gasteiger partial charge on any atom is 0.306 e. The Morgan fingerprint density at radius 2 is 1.77 bits per heavy atom. The van der Waals surface area contributed by atoms with Crippen molar-refractivity contribution >= 4 is 46.0 Å². The third-order valence-electron chi connectivity index (χ3n) is 7.14. The summed E-state index contributed by atoms with van der Waals surface area (Å²) in [5.74, 6) is -1.39. The number of carbonyl (C=O) groups is 2. The van der Waals surface area contributed by atoms with Crippen LogP contribution in [0.25, 0.3) is 10.9 Å². The number of aromatic nitrogens is 1. The van der Waals surface area contributed by atoms with Gasteiger partial charge in [-0.3, -0.25) is 14.5 Å². The number of fused-ring (bicyclic) bond motifs is 3. The smallest absolute Gasteiger partial charge is 0.306 e. The van der Waals surface area contributed by atoms with Crippen molar-refractivity contribution in [1.29, 1.82) is 0 Å². The van der Waals surface area contributed by atoms with Gasteiger partial charge in [0.2, 0.25) is 5.91 Å². The summed E-state index contributed by atoms with van der Waals surface area (Å²) in [6, 6.07) is 10.4. The van der Waals surface area contributed by atoms with Gasteiger partial charge in [0.05, 0.1) is 24.5 Å². The summed E-state index contributed by atoms with van der Waals surface area (Å²) >= 11 is 12.4. The molecule has 3 aromatic rings. The highest BCUT2D eigenvalue weighted by Gasteiger charge is 2.30. The summed E-state index contributed by atoms with van der Waals surface area (Å²) in [5, 5.41) is 11.1. The van der Waals surface area contributed by atoms with Gasteiger partial charge in [0.1, 0.15) is 5.82 Å². The maximum absolute atomic E-state index is 15.0. The fourth-order valence-corrected chi connectivity index (χ4v) is 5.93. The van der Waals surface area contributed by atoms with Gasteiger partial charge in [-0.2, -0.15) is 0 Å². The maximum atomic E-state index is 15.0. The van der Waals surface area contributed by atoms with Crippen LogP contribution in [0.4, 0.5) is 4.39 Å². The average Bonchev–Trinajstić information content (AvgIpc) is 3.13. The molecule has 184 valence electrons. The van der Waals surface area contributed by atoms with Gasteiger partial charge in [-0.05, 0) is 67.7 Å². The number of hydrogen-bond acceptors (Lipinski definition) is 3. The van der Waals surface area contributed by atoms with Crippen molar-refractivity contribution < 1.29 is 19.1 Å². The van der Waals surface area contributed by atoms with E-state index in [-0.39, 0.29) is 24.2 Å². The van der Waals surface area contributed by atoms with Gasteiger partial charge in [-0.15, -0.1) is 0 Å². The van der Waals surface area contributed by atoms with E-state index in [1.807, 2.05) is 32.6 Å². The summed E-state index contributed by atoms with van der Waals surface area (Å²) < 4.78 is 17.0. The van der Waals surface area contributed by atoms with E-state index >= 15 is 4.39 Å². The number of carbonyl (C=O) groups excluding carboxylic acids is 1. The van der Waals surface area contributed by atoms with Gasteiger partial charge in [-0.25, -0.2) is 4.39 Å². The zero-order valence-corrected chi connectivity index (χ0v) is 20.7. The second-order valence-electron chi connectivity index (χ2n) is 9.38. The lowest BCUT2D eigenvalue weighted by Crippen LogP contribution is -2.45. The quantitative estimate of drug-likeness (QED) is 0.527. The van der Waals surface area contributed by atoms with Crippen molar-refractivity contribution in [2.24, 2.45) is 5.92 Å². The number of rotatable bonds is 5. The molecule has 1 amide bonds. The van der Waals surface area contributed by atoms with E-state index in [0.29, 0.717) is 67.5 Å². The van der Waals surface area contributed by atoms with Gasteiger partial charge >= 0.3 is 5.97 Å². The van der Waals surface area contributed by atoms with E-state index in [2.05, 4.69) is 0 Å². The molecular weight excluding hydrogens is 492 g/mol. The van der Waals surface area contributed by atoms with Crippen LogP contribution in [0.15, 0.2) is 36.4 Å². The van der Waals surface area contributed by atoms with Crippen LogP contribution in [0.1, 0.15) is 29.7 Å². The zero-order chi connectivity index (χ0) is 24.7. The van der Waals surface area contributed by atoms with E-state index in [1.54, 1.807) is 12.1 Å². The highest BCUT2D eigenvalue weighted by atomic mass is 35.5. The number of likely N-dealkylation sites (tertiary alicyclic amines) is 1. The van der Waals surface area contributed by atoms with Crippen molar-refractivity contribution in [3.05, 3.63) is 69.1 Å². The molecule has 0 atom stereocenters. The molecule has 0 radical (unpaired) electrons. The van der Waals surface area contributed by atoms with E-state index < -0.39 is 5.97 Å². The zero-order valence-electron chi connectivity index (χ0n) is 19.1. The molecule has 2 aliphatic rings. The van der Waals surface area contributed by atoms with E-state index in [4.69, 9.17) is 23.2 Å². The molecule has 35 heavy (non-hydrogen) atoms. The lowest BCUT2D eigenvalue weighted by molar-refractivity contribution is -0.143. The molecule has 5 rings (SSSR count). The largest absolute Gasteiger partial charge is 0.481 e. The molecule has 0 saturated carbocycles. The van der Waals surface area contributed by atoms with Crippen LogP contribution in [-0.4, -0.2) is 57.5 Å². The first-order valence-corrected chi connectivity index (χ1v) is 12.5. The molecule has 1 N–H and O–H groups in total. The first-order valence-electron chi connectivity index (χ1n) is 11.8. The minimum atomic E-state index is -0.763. The SMILES string of the molecule is O=C(O)C1CCN(CC(=O)N2CCc3c(n(Cc4cc(Cl)cc(Cl)c4)c4c(F)cccc34)C2)CC1. The molecule has 1 fully saturated rings. The van der Waals surface area contributed by atoms with E-state index in [1.165, 1.54) is 6.07 Å². The fraction of sp³-hybridized carbons (Fsp3) is 0.385. The third kappa shape index (κ3) is 4.90. The van der Waals surface area contributed by atoms with Crippen LogP contribution >= 0.6 is 23.2 Å². The molecule has 3 heterocycles. The van der Waals surface area contributed by atoms with Crippen LogP contribution in [0.2, 0.25) is 10.0 Å². The minimum Gasteiger partial charge on any atom is -0.481 e. The topological polar surface area (TPSA) is 65.8 Å². The van der Waals surface area contributed by atoms with Gasteiger partial charge in [0.25, 0.3) is 0 Å². The Bertz CT molecular complexity index is 1280. The molecule has 6 nitrogen and oxygen atoms in total. The molecule has 9 heteroatoms. The number of amides is 1. The third-order valence-corrected chi connectivity index (χ3v) is 7.58. The molecular formula is C26H26Cl2FN3O3. The summed E-state index contributed by atoms with van der Waals surface area (Å²) in [5.41, 5.74) is 3.37. The number of piperidine rings is 1. The van der Waals surface area contributed by atoms with Crippen LogP contribution in [0.3, 0.4) is 0 Å². The normalized spacial score (nSPS) is 17.1. The number of carboxylic acids is 1. The molecule has 1 aromatic heterocycles. The van der Waals surface area contributed by atoms with Gasteiger partial charge in [-0.1, -0.05) is 35.3 Å². The second-order valence-corrected chi connectivity index (χ2v) is 10.3. The van der Waals surface area contributed by atoms with Gasteiger partial charge < -0.3 is 14.6 Å². The molecule has 0 unspecified atom stereocenters. The Labute approximate surface area is 212 Å². The molecule has 0 spiro atoms. The predicted octanol–water partition coefficient (Wildman–Crippen LogP) is 4.82. The van der Waals surface area contributed by atoms with Crippen molar-refractivity contribution in [2.75, 3.05) is 26.2 Å². The van der Waals surface area contributed by atoms with Crippen LogP contribution in [-0.2, 0) is 29.1 Å². The van der Waals surface area contributed by atoms with E-state index in [9.17, 15) is 14.7 Å². The van der Waals surface area contributed by atoms with Gasteiger partial charge in [0, 0.05) is 34.2 Å². The van der Waals surface area contributed by atoms with Crippen molar-refractivity contribution in [1.82, 2.24) is 14.4 Å². The number of carboxylic acid groups (broad SMARTS) is 1. The highest BCUT2D eigenvalue weighted by Crippen LogP contribution is 2.34. The fourth-order valence-electron chi connectivity index (χ4n) is 5.35. The van der Waals surface area contributed by atoms with Crippen molar-refractivity contribution in [2.45, 2.75) is 32.4 Å². The number of nitrogens with zero attached hydrogens (tertiary/aromatic N) is 3. The number of para-hydroxylation sites is 1. The minimum absolute atomic E-state index is 0.00695. The summed E-state index contributed by atoms with van der Waals surface area (Å²) in [7, 11) is 0. The van der Waals surface area contributed by atoms with Crippen LogP contribution in [0.5, 0.6) is 0 Å². The Balaban J connectivity index is 1.40. The van der Waals surface area contributed by atoms with Crippen LogP contribution < -0.4 is 0 Å². The molecule has 2 aromatic carbocycles. The highest BCUT2D eigenvalue weighted by molar-refractivity contribution is 6.34. The Hall–Kier alpha value is -2.61. The predicted molar refractivity (Wildman–Crippen MR) is 133 cm³/mol. The number of halogens is 3. The lowest BCUT2D eigenvalue weighted by Gasteiger charge is -2.33. The standard InChI is InChI=1S/C26H26Cl2FN3O3/c27-18-10-16(11-19(28)12-18)13-32-23-14-31(9-6-20(23)21-2-1-3-22(29)25(21)32)24(33)15-30-7-4-17(5-8-30)26(34)35/h1-3,10-12,17H,4-9,13-15H2,(H,34,35). The molecule has 2 aliphatic heterocycles. The first-order chi connectivity index (χ1) is 16.8. The average molecular weight is 518 g/mol. The Morgan fingerprint density at radius 3 is 2.46 bits per heavy atom. The monoisotopic (exact) mass is 517 g/mol. The number of benzene rings is 2. The van der Waals surface area contributed by atoms with Crippen LogP contribution in [0, 0.1) is 11.7 Å². The lowest BCUT2D eigenvalue weighted by atomic mass is 9.97. The van der Waals surface area contributed by atoms with E-state index in [0.717, 1.165) is 22.2 Å². The number of hydrogen-bond donors (Lipinski definition) is 1. The van der Waals surface area contributed by atoms with Gasteiger partial charge in [0.15, 0.2) is 0 Å². The van der Waals surface area contributed by atoms with Crippen molar-refractivity contribution in [3.8, 4) is 0 Å². The molecule has 0 bridgehead atoms. The van der Waals surface area contributed by atoms with Crippen molar-refractivity contribution in [3.63, 3.8) is 0 Å². The number of aliphatic carboxylic acids is 1. The Kier molecular flexibility index (Phi) is 6.75.